The maximum Gasteiger partial charge on any atom is 0.416 e. The number of fused-ring (bicyclic) bond motifs is 1. The van der Waals surface area contributed by atoms with E-state index >= 15 is 0 Å². The number of ether oxygens (including phenoxy) is 1. The van der Waals surface area contributed by atoms with Crippen LogP contribution in [0.3, 0.4) is 0 Å². The van der Waals surface area contributed by atoms with Gasteiger partial charge in [0.1, 0.15) is 5.75 Å². The predicted octanol–water partition coefficient (Wildman–Crippen LogP) is 4.40. The van der Waals surface area contributed by atoms with Gasteiger partial charge < -0.3 is 10.1 Å². The van der Waals surface area contributed by atoms with E-state index in [1.54, 1.807) is 7.05 Å². The van der Waals surface area contributed by atoms with E-state index in [4.69, 9.17) is 4.74 Å². The van der Waals surface area contributed by atoms with E-state index in [1.807, 2.05) is 0 Å². The summed E-state index contributed by atoms with van der Waals surface area (Å²) in [6.45, 7) is 0. The van der Waals surface area contributed by atoms with Crippen LogP contribution >= 0.6 is 11.3 Å². The molecule has 0 atom stereocenters. The number of rotatable bonds is 5. The maximum absolute atomic E-state index is 13.0. The number of alkyl halides is 3. The molecule has 0 saturated carbocycles. The summed E-state index contributed by atoms with van der Waals surface area (Å²) in [5, 5.41) is 17.5. The highest BCUT2D eigenvalue weighted by atomic mass is 32.1. The number of anilines is 1. The van der Waals surface area contributed by atoms with Crippen molar-refractivity contribution in [2.75, 3.05) is 5.32 Å². The van der Waals surface area contributed by atoms with Gasteiger partial charge in [-0.3, -0.25) is 19.6 Å². The van der Waals surface area contributed by atoms with Gasteiger partial charge in [0, 0.05) is 13.1 Å². The molecule has 4 aromatic rings. The summed E-state index contributed by atoms with van der Waals surface area (Å²) >= 11 is 0.676. The molecule has 3 heterocycles. The van der Waals surface area contributed by atoms with Crippen LogP contribution in [-0.2, 0) is 13.2 Å². The van der Waals surface area contributed by atoms with E-state index in [0.29, 0.717) is 16.7 Å². The second kappa shape index (κ2) is 7.88. The molecule has 1 amide bonds. The Hall–Kier alpha value is -4.07. The molecule has 1 aromatic carbocycles. The van der Waals surface area contributed by atoms with Gasteiger partial charge in [-0.2, -0.15) is 28.2 Å². The van der Waals surface area contributed by atoms with Crippen molar-refractivity contribution in [3.8, 4) is 11.8 Å². The Morgan fingerprint density at radius 3 is 2.72 bits per heavy atom. The smallest absolute Gasteiger partial charge is 0.416 e. The molecule has 4 rings (SSSR count). The highest BCUT2D eigenvalue weighted by molar-refractivity contribution is 7.17. The van der Waals surface area contributed by atoms with Crippen molar-refractivity contribution in [2.24, 2.45) is 7.05 Å². The zero-order valence-corrected chi connectivity index (χ0v) is 16.8. The normalized spacial score (nSPS) is 11.5. The number of aryl methyl sites for hydroxylation is 1. The Morgan fingerprint density at radius 2 is 2.03 bits per heavy atom. The quantitative estimate of drug-likeness (QED) is 0.343. The number of thiophene rings is 1. The van der Waals surface area contributed by atoms with Crippen LogP contribution in [0.5, 0.6) is 11.8 Å². The summed E-state index contributed by atoms with van der Waals surface area (Å²) < 4.78 is 45.7. The van der Waals surface area contributed by atoms with E-state index < -0.39 is 22.6 Å². The second-order valence-corrected chi connectivity index (χ2v) is 7.40. The Balaban J connectivity index is 1.68. The largest absolute Gasteiger partial charge is 0.424 e. The average Bonchev–Trinajstić information content (AvgIpc) is 3.36. The number of hydrogen-bond acceptors (Lipinski definition) is 8. The fourth-order valence-corrected chi connectivity index (χ4v) is 3.42. The number of halogens is 3. The van der Waals surface area contributed by atoms with E-state index in [-0.39, 0.29) is 33.1 Å². The monoisotopic (exact) mass is 464 g/mol. The summed E-state index contributed by atoms with van der Waals surface area (Å²) in [5.74, 6) is -0.851. The number of amides is 1. The first kappa shape index (κ1) is 21.2. The van der Waals surface area contributed by atoms with Gasteiger partial charge in [-0.15, -0.1) is 0 Å². The molecule has 0 aliphatic rings. The zero-order chi connectivity index (χ0) is 23.0. The van der Waals surface area contributed by atoms with Crippen molar-refractivity contribution in [3.63, 3.8) is 0 Å². The van der Waals surface area contributed by atoms with Crippen LogP contribution < -0.4 is 10.1 Å². The molecule has 1 N–H and O–H groups in total. The highest BCUT2D eigenvalue weighted by Gasteiger charge is 2.30. The molecule has 0 unspecified atom stereocenters. The van der Waals surface area contributed by atoms with Gasteiger partial charge in [0.05, 0.1) is 26.9 Å². The molecular formula is C18H11F3N6O4S. The van der Waals surface area contributed by atoms with Crippen molar-refractivity contribution >= 4 is 39.1 Å². The number of carbonyl (C=O) groups is 1. The molecule has 0 fully saturated rings. The lowest BCUT2D eigenvalue weighted by molar-refractivity contribution is -0.380. The molecule has 0 aliphatic carbocycles. The van der Waals surface area contributed by atoms with E-state index in [9.17, 15) is 28.1 Å². The summed E-state index contributed by atoms with van der Waals surface area (Å²) in [7, 11) is 1.57. The molecule has 0 saturated heterocycles. The lowest BCUT2D eigenvalue weighted by atomic mass is 10.2. The fourth-order valence-electron chi connectivity index (χ4n) is 2.70. The zero-order valence-electron chi connectivity index (χ0n) is 16.0. The molecule has 3 aromatic heterocycles. The van der Waals surface area contributed by atoms with Crippen molar-refractivity contribution in [1.29, 1.82) is 0 Å². The van der Waals surface area contributed by atoms with Crippen molar-refractivity contribution in [3.05, 3.63) is 63.1 Å². The number of carbonyl (C=O) groups excluding carboxylic acids is 1. The summed E-state index contributed by atoms with van der Waals surface area (Å²) in [4.78, 5) is 31.1. The minimum absolute atomic E-state index is 0.0221. The molecular weight excluding hydrogens is 453 g/mol. The Morgan fingerprint density at radius 1 is 1.25 bits per heavy atom. The van der Waals surface area contributed by atoms with E-state index in [0.717, 1.165) is 12.1 Å². The van der Waals surface area contributed by atoms with Gasteiger partial charge in [-0.25, -0.2) is 0 Å². The second-order valence-electron chi connectivity index (χ2n) is 6.34. The first-order chi connectivity index (χ1) is 15.1. The van der Waals surface area contributed by atoms with Gasteiger partial charge in [0.2, 0.25) is 0 Å². The van der Waals surface area contributed by atoms with Crippen LogP contribution in [0.4, 0.5) is 24.0 Å². The minimum Gasteiger partial charge on any atom is -0.424 e. The molecule has 164 valence electrons. The fraction of sp³-hybridized carbons (Fsp3) is 0.111. The van der Waals surface area contributed by atoms with Crippen molar-refractivity contribution < 1.29 is 27.6 Å². The molecule has 14 heteroatoms. The summed E-state index contributed by atoms with van der Waals surface area (Å²) in [5.41, 5.74) is -0.668. The van der Waals surface area contributed by atoms with Gasteiger partial charge in [-0.05, 0) is 24.3 Å². The molecule has 0 radical (unpaired) electrons. The van der Waals surface area contributed by atoms with Crippen LogP contribution in [-0.4, -0.2) is 30.6 Å². The van der Waals surface area contributed by atoms with Crippen LogP contribution in [0.2, 0.25) is 0 Å². The number of hydrogen-bond donors (Lipinski definition) is 1. The molecule has 0 spiro atoms. The number of nitro groups is 1. The van der Waals surface area contributed by atoms with Gasteiger partial charge in [-0.1, -0.05) is 17.4 Å². The predicted molar refractivity (Wildman–Crippen MR) is 107 cm³/mol. The molecule has 0 aliphatic heterocycles. The third kappa shape index (κ3) is 4.20. The van der Waals surface area contributed by atoms with Crippen LogP contribution in [0.1, 0.15) is 15.2 Å². The number of nitrogens with zero attached hydrogens (tertiary/aromatic N) is 5. The standard InChI is InChI=1S/C18H11F3N6O4S/c1-26-15-11(8-22-26)14(23-16(28)12-5-6-13(32-12)27(29)30)24-17(25-15)31-10-4-2-3-9(7-10)18(19,20)21/h2-8H,1H3,(H,23,24,25,28). The topological polar surface area (TPSA) is 125 Å². The van der Waals surface area contributed by atoms with Crippen LogP contribution in [0, 0.1) is 10.1 Å². The van der Waals surface area contributed by atoms with Gasteiger partial charge in [0.15, 0.2) is 11.5 Å². The molecule has 32 heavy (non-hydrogen) atoms. The SMILES string of the molecule is Cn1ncc2c(NC(=O)c3ccc([N+](=O)[O-])s3)nc(Oc3cccc(C(F)(F)F)c3)nc21. The van der Waals surface area contributed by atoms with Crippen LogP contribution in [0.15, 0.2) is 42.6 Å². The Bertz CT molecular complexity index is 1350. The molecule has 0 bridgehead atoms. The van der Waals surface area contributed by atoms with Gasteiger partial charge >= 0.3 is 17.2 Å². The first-order valence-electron chi connectivity index (χ1n) is 8.72. The van der Waals surface area contributed by atoms with Crippen molar-refractivity contribution in [1.82, 2.24) is 19.7 Å². The van der Waals surface area contributed by atoms with Crippen molar-refractivity contribution in [2.45, 2.75) is 6.18 Å². The Labute approximate surface area is 180 Å². The minimum atomic E-state index is -4.56. The van der Waals surface area contributed by atoms with Gasteiger partial charge in [0.25, 0.3) is 5.91 Å². The third-order valence-corrected chi connectivity index (χ3v) is 5.21. The lowest BCUT2D eigenvalue weighted by Gasteiger charge is -2.10. The first-order valence-corrected chi connectivity index (χ1v) is 9.54. The number of aromatic nitrogens is 4. The van der Waals surface area contributed by atoms with Crippen LogP contribution in [0.25, 0.3) is 11.0 Å². The Kier molecular flexibility index (Phi) is 5.22. The highest BCUT2D eigenvalue weighted by Crippen LogP contribution is 2.33. The summed E-state index contributed by atoms with van der Waals surface area (Å²) in [6.07, 6.45) is -3.18. The van der Waals surface area contributed by atoms with E-state index in [2.05, 4.69) is 20.4 Å². The third-order valence-electron chi connectivity index (χ3n) is 4.17. The number of nitrogens with one attached hydrogen (secondary N) is 1. The number of benzene rings is 1. The maximum atomic E-state index is 13.0. The average molecular weight is 464 g/mol. The van der Waals surface area contributed by atoms with E-state index in [1.165, 1.54) is 35.1 Å². The summed E-state index contributed by atoms with van der Waals surface area (Å²) in [6, 6.07) is 6.32. The lowest BCUT2D eigenvalue weighted by Crippen LogP contribution is -2.12. The molecule has 10 nitrogen and oxygen atoms in total.